The molecule has 0 aromatic carbocycles. The van der Waals surface area contributed by atoms with Crippen molar-refractivity contribution in [3.63, 3.8) is 0 Å². The molecule has 0 aliphatic heterocycles. The normalized spacial score (nSPS) is 12.1. The fourth-order valence-corrected chi connectivity index (χ4v) is 2.39. The zero-order chi connectivity index (χ0) is 16.8. The third kappa shape index (κ3) is 4.28. The van der Waals surface area contributed by atoms with Crippen molar-refractivity contribution in [1.29, 1.82) is 0 Å². The maximum atomic E-state index is 12.4. The van der Waals surface area contributed by atoms with E-state index in [9.17, 15) is 9.59 Å². The molecule has 0 saturated heterocycles. The highest BCUT2D eigenvalue weighted by atomic mass is 16.1. The van der Waals surface area contributed by atoms with Gasteiger partial charge >= 0.3 is 0 Å². The maximum Gasteiger partial charge on any atom is 0.264 e. The van der Waals surface area contributed by atoms with Gasteiger partial charge in [0.05, 0.1) is 17.5 Å². The lowest BCUT2D eigenvalue weighted by atomic mass is 10.1. The van der Waals surface area contributed by atoms with Crippen LogP contribution in [0.3, 0.4) is 0 Å². The summed E-state index contributed by atoms with van der Waals surface area (Å²) in [5.41, 5.74) is 0.917. The van der Waals surface area contributed by atoms with Crippen LogP contribution < -0.4 is 10.9 Å². The predicted octanol–water partition coefficient (Wildman–Crippen LogP) is 1.96. The average Bonchev–Trinajstić information content (AvgIpc) is 2.90. The van der Waals surface area contributed by atoms with E-state index in [-0.39, 0.29) is 17.5 Å². The van der Waals surface area contributed by atoms with Gasteiger partial charge in [0.15, 0.2) is 5.82 Å². The van der Waals surface area contributed by atoms with Crippen LogP contribution in [0.25, 0.3) is 5.82 Å². The molecule has 2 N–H and O–H groups in total. The number of hydrogen-bond donors (Lipinski definition) is 2. The minimum absolute atomic E-state index is 0.128. The molecule has 0 fully saturated rings. The smallest absolute Gasteiger partial charge is 0.264 e. The lowest BCUT2D eigenvalue weighted by molar-refractivity contribution is 0.0937. The van der Waals surface area contributed by atoms with Crippen LogP contribution in [0.15, 0.2) is 23.1 Å². The van der Waals surface area contributed by atoms with E-state index in [4.69, 9.17) is 0 Å². The van der Waals surface area contributed by atoms with E-state index in [2.05, 4.69) is 27.5 Å². The summed E-state index contributed by atoms with van der Waals surface area (Å²) in [5, 5.41) is 13.5. The number of amides is 1. The van der Waals surface area contributed by atoms with Gasteiger partial charge < -0.3 is 5.32 Å². The Morgan fingerprint density at radius 1 is 1.39 bits per heavy atom. The molecule has 0 aliphatic rings. The van der Waals surface area contributed by atoms with E-state index in [0.717, 1.165) is 12.8 Å². The van der Waals surface area contributed by atoms with Crippen molar-refractivity contribution in [3.05, 3.63) is 39.9 Å². The minimum atomic E-state index is -0.280. The average molecular weight is 317 g/mol. The summed E-state index contributed by atoms with van der Waals surface area (Å²) >= 11 is 0. The molecule has 2 aromatic rings. The molecule has 0 unspecified atom stereocenters. The van der Waals surface area contributed by atoms with Gasteiger partial charge in [0.1, 0.15) is 0 Å². The number of carbonyl (C=O) groups is 1. The molecule has 0 aliphatic carbocycles. The van der Waals surface area contributed by atoms with Gasteiger partial charge in [-0.25, -0.2) is 9.78 Å². The molecule has 0 radical (unpaired) electrons. The Morgan fingerprint density at radius 2 is 2.17 bits per heavy atom. The highest BCUT2D eigenvalue weighted by molar-refractivity contribution is 5.95. The van der Waals surface area contributed by atoms with E-state index >= 15 is 0 Å². The summed E-state index contributed by atoms with van der Waals surface area (Å²) in [6, 6.07) is 3.07. The van der Waals surface area contributed by atoms with Crippen LogP contribution in [0.4, 0.5) is 0 Å². The summed E-state index contributed by atoms with van der Waals surface area (Å²) in [7, 11) is 0. The second-order valence-corrected chi connectivity index (χ2v) is 5.71. The van der Waals surface area contributed by atoms with E-state index in [1.54, 1.807) is 13.0 Å². The van der Waals surface area contributed by atoms with Crippen LogP contribution in [0.2, 0.25) is 0 Å². The number of H-pyrrole nitrogens is 1. The Morgan fingerprint density at radius 3 is 2.83 bits per heavy atom. The second kappa shape index (κ2) is 7.71. The first-order valence-corrected chi connectivity index (χ1v) is 7.94. The monoisotopic (exact) mass is 317 g/mol. The summed E-state index contributed by atoms with van der Waals surface area (Å²) in [6.07, 6.45) is 5.94. The minimum Gasteiger partial charge on any atom is -0.349 e. The van der Waals surface area contributed by atoms with Gasteiger partial charge in [-0.2, -0.15) is 10.2 Å². The Bertz CT molecular complexity index is 699. The Kier molecular flexibility index (Phi) is 5.67. The van der Waals surface area contributed by atoms with Crippen molar-refractivity contribution in [2.75, 3.05) is 0 Å². The number of aromatic nitrogens is 4. The van der Waals surface area contributed by atoms with Crippen molar-refractivity contribution in [2.45, 2.75) is 52.5 Å². The standard InChI is InChI=1S/C16H23N5O2/c1-4-5-6-7-11(2)18-16(23)13-10-17-21(12(13)3)14-8-9-15(22)20-19-14/h8-11H,4-7H2,1-3H3,(H,18,23)(H,20,22)/t11-/m1/s1. The first-order chi connectivity index (χ1) is 11.0. The molecule has 1 amide bonds. The summed E-state index contributed by atoms with van der Waals surface area (Å²) < 4.78 is 1.53. The molecule has 0 bridgehead atoms. The first kappa shape index (κ1) is 16.9. The van der Waals surface area contributed by atoms with Gasteiger partial charge in [-0.05, 0) is 26.3 Å². The molecule has 2 rings (SSSR count). The van der Waals surface area contributed by atoms with Crippen LogP contribution in [0.1, 0.15) is 55.6 Å². The van der Waals surface area contributed by atoms with Crippen LogP contribution in [-0.2, 0) is 0 Å². The molecule has 0 spiro atoms. The number of carbonyl (C=O) groups excluding carboxylic acids is 1. The Labute approximate surface area is 135 Å². The zero-order valence-corrected chi connectivity index (χ0v) is 13.8. The quantitative estimate of drug-likeness (QED) is 0.764. The summed E-state index contributed by atoms with van der Waals surface area (Å²) in [4.78, 5) is 23.4. The topological polar surface area (TPSA) is 92.7 Å². The second-order valence-electron chi connectivity index (χ2n) is 5.71. The highest BCUT2D eigenvalue weighted by Crippen LogP contribution is 2.12. The number of unbranched alkanes of at least 4 members (excludes halogenated alkanes) is 2. The van der Waals surface area contributed by atoms with Crippen molar-refractivity contribution in [3.8, 4) is 5.82 Å². The first-order valence-electron chi connectivity index (χ1n) is 7.94. The molecular weight excluding hydrogens is 294 g/mol. The van der Waals surface area contributed by atoms with Crippen LogP contribution in [0, 0.1) is 6.92 Å². The predicted molar refractivity (Wildman–Crippen MR) is 87.8 cm³/mol. The summed E-state index contributed by atoms with van der Waals surface area (Å²) in [6.45, 7) is 5.97. The number of nitrogens with one attached hydrogen (secondary N) is 2. The molecule has 2 heterocycles. The van der Waals surface area contributed by atoms with Crippen LogP contribution >= 0.6 is 0 Å². The maximum absolute atomic E-state index is 12.4. The molecule has 23 heavy (non-hydrogen) atoms. The van der Waals surface area contributed by atoms with E-state index < -0.39 is 0 Å². The third-order valence-corrected chi connectivity index (χ3v) is 3.75. The van der Waals surface area contributed by atoms with Crippen molar-refractivity contribution in [1.82, 2.24) is 25.3 Å². The molecular formula is C16H23N5O2. The van der Waals surface area contributed by atoms with Crippen LogP contribution in [-0.4, -0.2) is 31.9 Å². The largest absolute Gasteiger partial charge is 0.349 e. The fraction of sp³-hybridized carbons (Fsp3) is 0.500. The molecule has 7 nitrogen and oxygen atoms in total. The van der Waals surface area contributed by atoms with E-state index in [1.165, 1.54) is 29.8 Å². The van der Waals surface area contributed by atoms with E-state index in [0.29, 0.717) is 17.1 Å². The molecule has 2 aromatic heterocycles. The summed E-state index contributed by atoms with van der Waals surface area (Å²) in [5.74, 6) is 0.333. The van der Waals surface area contributed by atoms with E-state index in [1.807, 2.05) is 6.92 Å². The van der Waals surface area contributed by atoms with Crippen LogP contribution in [0.5, 0.6) is 0 Å². The number of hydrogen-bond acceptors (Lipinski definition) is 4. The van der Waals surface area contributed by atoms with Gasteiger partial charge in [-0.3, -0.25) is 9.59 Å². The molecule has 124 valence electrons. The molecule has 7 heteroatoms. The van der Waals surface area contributed by atoms with Gasteiger partial charge in [-0.1, -0.05) is 26.2 Å². The van der Waals surface area contributed by atoms with Crippen molar-refractivity contribution >= 4 is 5.91 Å². The SMILES string of the molecule is CCCCC[C@@H](C)NC(=O)c1cnn(-c2ccc(=O)[nH]n2)c1C. The lowest BCUT2D eigenvalue weighted by Gasteiger charge is -2.13. The van der Waals surface area contributed by atoms with Gasteiger partial charge in [0, 0.05) is 12.1 Å². The van der Waals surface area contributed by atoms with Crippen molar-refractivity contribution in [2.24, 2.45) is 0 Å². The Hall–Kier alpha value is -2.44. The zero-order valence-electron chi connectivity index (χ0n) is 13.8. The number of aromatic amines is 1. The Balaban J connectivity index is 2.07. The molecule has 1 atom stereocenters. The number of rotatable bonds is 7. The van der Waals surface area contributed by atoms with Crippen molar-refractivity contribution < 1.29 is 4.79 Å². The number of nitrogens with zero attached hydrogens (tertiary/aromatic N) is 3. The van der Waals surface area contributed by atoms with Gasteiger partial charge in [0.2, 0.25) is 0 Å². The van der Waals surface area contributed by atoms with Gasteiger partial charge in [-0.15, -0.1) is 0 Å². The molecule has 0 saturated carbocycles. The van der Waals surface area contributed by atoms with Gasteiger partial charge in [0.25, 0.3) is 11.5 Å². The third-order valence-electron chi connectivity index (χ3n) is 3.75. The fourth-order valence-electron chi connectivity index (χ4n) is 2.39. The lowest BCUT2D eigenvalue weighted by Crippen LogP contribution is -2.32. The highest BCUT2D eigenvalue weighted by Gasteiger charge is 2.17.